The third-order valence-corrected chi connectivity index (χ3v) is 10.9. The molecule has 0 spiro atoms. The Bertz CT molecular complexity index is 1240. The summed E-state index contributed by atoms with van der Waals surface area (Å²) < 4.78 is 34.0. The fourth-order valence-corrected chi connectivity index (χ4v) is 7.24. The zero-order chi connectivity index (χ0) is 31.6. The summed E-state index contributed by atoms with van der Waals surface area (Å²) in [6, 6.07) is 8.95. The van der Waals surface area contributed by atoms with E-state index in [2.05, 4.69) is 131 Å². The average molecular weight is 597 g/mol. The highest BCUT2D eigenvalue weighted by atomic mass is 31.2. The molecule has 1 aliphatic heterocycles. The number of phosphoric ester groups is 1. The molecule has 3 rings (SSSR count). The third-order valence-electron chi connectivity index (χ3n) is 8.41. The van der Waals surface area contributed by atoms with E-state index in [1.54, 1.807) is 0 Å². The minimum atomic E-state index is -4.16. The fourth-order valence-electron chi connectivity index (χ4n) is 5.18. The molecule has 2 aromatic carbocycles. The molecule has 0 fully saturated rings. The van der Waals surface area contributed by atoms with Gasteiger partial charge in [0.15, 0.2) is 16.3 Å². The molecule has 0 bridgehead atoms. The molecule has 1 aliphatic rings. The van der Waals surface area contributed by atoms with Gasteiger partial charge in [-0.2, -0.15) is 0 Å². The van der Waals surface area contributed by atoms with Gasteiger partial charge in [0.2, 0.25) is 0 Å². The van der Waals surface area contributed by atoms with Crippen LogP contribution in [0.5, 0.6) is 11.5 Å². The molecule has 0 aromatic heterocycles. The summed E-state index contributed by atoms with van der Waals surface area (Å²) in [4.78, 5) is 0. The summed E-state index contributed by atoms with van der Waals surface area (Å²) >= 11 is 2.76. The number of benzene rings is 2. The zero-order valence-corrected chi connectivity index (χ0v) is 30.5. The van der Waals surface area contributed by atoms with Crippen molar-refractivity contribution in [3.8, 4) is 11.5 Å². The smallest absolute Gasteiger partial charge is 0.394 e. The van der Waals surface area contributed by atoms with Crippen LogP contribution in [0.4, 0.5) is 0 Å². The molecule has 41 heavy (non-hydrogen) atoms. The molecule has 0 unspecified atom stereocenters. The minimum absolute atomic E-state index is 0.0707. The van der Waals surface area contributed by atoms with Crippen LogP contribution in [0, 0.1) is 0 Å². The lowest BCUT2D eigenvalue weighted by Gasteiger charge is -2.39. The largest absolute Gasteiger partial charge is 0.586 e. The van der Waals surface area contributed by atoms with Crippen molar-refractivity contribution < 1.29 is 18.1 Å². The number of hydrogen-bond donors (Lipinski definition) is 0. The van der Waals surface area contributed by atoms with E-state index in [0.717, 1.165) is 22.3 Å². The molecular weight excluding hydrogens is 542 g/mol. The van der Waals surface area contributed by atoms with Crippen molar-refractivity contribution in [1.82, 2.24) is 0 Å². The number of fused-ring (bicyclic) bond motifs is 2. The van der Waals surface area contributed by atoms with Crippen molar-refractivity contribution in [3.05, 3.63) is 57.6 Å². The van der Waals surface area contributed by atoms with Crippen LogP contribution in [0.25, 0.3) is 0 Å². The Hall–Kier alpha value is -1.24. The lowest BCUT2D eigenvalue weighted by atomic mass is 9.74. The van der Waals surface area contributed by atoms with Gasteiger partial charge < -0.3 is 9.05 Å². The Morgan fingerprint density at radius 1 is 0.683 bits per heavy atom. The maximum Gasteiger partial charge on any atom is 0.586 e. The lowest BCUT2D eigenvalue weighted by molar-refractivity contribution is 0.100. The fraction of sp³-hybridized carbons (Fsp3) is 0.657. The highest BCUT2D eigenvalue weighted by Gasteiger charge is 2.45. The molecule has 1 heterocycles. The van der Waals surface area contributed by atoms with Crippen LogP contribution < -0.4 is 9.05 Å². The van der Waals surface area contributed by atoms with E-state index in [4.69, 9.17) is 13.6 Å². The van der Waals surface area contributed by atoms with Crippen molar-refractivity contribution in [2.45, 2.75) is 149 Å². The summed E-state index contributed by atoms with van der Waals surface area (Å²) in [5.74, 6) is 1.16. The second kappa shape index (κ2) is 11.0. The predicted octanol–water partition coefficient (Wildman–Crippen LogP) is 10.6. The maximum absolute atomic E-state index is 15.0. The van der Waals surface area contributed by atoms with Crippen molar-refractivity contribution in [1.29, 1.82) is 0 Å². The van der Waals surface area contributed by atoms with Gasteiger partial charge >= 0.3 is 7.82 Å². The predicted molar refractivity (Wildman–Crippen MR) is 174 cm³/mol. The second-order valence-electron chi connectivity index (χ2n) is 16.1. The Labute approximate surface area is 259 Å². The first-order valence-electron chi connectivity index (χ1n) is 15.2. The van der Waals surface area contributed by atoms with E-state index in [0.29, 0.717) is 24.3 Å². The molecule has 6 heteroatoms. The molecular formula is C35H54AlO4P. The summed E-state index contributed by atoms with van der Waals surface area (Å²) in [5, 5.41) is 0. The van der Waals surface area contributed by atoms with Gasteiger partial charge in [0.25, 0.3) is 0 Å². The Morgan fingerprint density at radius 3 is 1.29 bits per heavy atom. The summed E-state index contributed by atoms with van der Waals surface area (Å²) in [5.41, 5.74) is 5.79. The van der Waals surface area contributed by atoms with Crippen molar-refractivity contribution in [2.75, 3.05) is 0 Å². The minimum Gasteiger partial charge on any atom is -0.394 e. The maximum atomic E-state index is 15.0. The first-order valence-corrected chi connectivity index (χ1v) is 17.3. The molecule has 0 N–H and O–H groups in total. The van der Waals surface area contributed by atoms with Crippen molar-refractivity contribution in [2.24, 2.45) is 0 Å². The first-order chi connectivity index (χ1) is 18.4. The summed E-state index contributed by atoms with van der Waals surface area (Å²) in [7, 11) is -4.16. The van der Waals surface area contributed by atoms with Crippen LogP contribution in [0.1, 0.15) is 156 Å². The van der Waals surface area contributed by atoms with Gasteiger partial charge in [0.05, 0.1) is 0 Å². The lowest BCUT2D eigenvalue weighted by Crippen LogP contribution is -2.33. The van der Waals surface area contributed by atoms with Gasteiger partial charge in [-0.1, -0.05) is 128 Å². The van der Waals surface area contributed by atoms with Gasteiger partial charge in [-0.05, 0) is 45.6 Å². The van der Waals surface area contributed by atoms with E-state index in [-0.39, 0.29) is 27.6 Å². The SMILES string of the molecule is CC[C]([Al])(CC)OP1(=O)Oc2c(cc(C(C)(C)C)cc2C(C)(C)C)C(C)c2cc(C(C)(C)C)cc(C(C)(C)C)c2O1. The molecule has 0 saturated carbocycles. The zero-order valence-electron chi connectivity index (χ0n) is 28.5. The Morgan fingerprint density at radius 2 is 1.02 bits per heavy atom. The van der Waals surface area contributed by atoms with Crippen LogP contribution in [0.15, 0.2) is 24.3 Å². The molecule has 2 radical (unpaired) electrons. The van der Waals surface area contributed by atoms with Crippen LogP contribution in [-0.4, -0.2) is 20.8 Å². The Balaban J connectivity index is 2.56. The molecule has 4 nitrogen and oxygen atoms in total. The summed E-state index contributed by atoms with van der Waals surface area (Å²) in [6.45, 7) is 32.8. The molecule has 226 valence electrons. The highest BCUT2D eigenvalue weighted by Crippen LogP contribution is 2.61. The average Bonchev–Trinajstić information content (AvgIpc) is 2.79. The van der Waals surface area contributed by atoms with E-state index in [1.807, 2.05) is 13.8 Å². The van der Waals surface area contributed by atoms with Crippen LogP contribution in [-0.2, 0) is 30.7 Å². The number of hydrogen-bond acceptors (Lipinski definition) is 4. The number of phosphoric acid groups is 1. The monoisotopic (exact) mass is 596 g/mol. The van der Waals surface area contributed by atoms with Gasteiger partial charge in [-0.15, -0.1) is 0 Å². The van der Waals surface area contributed by atoms with Gasteiger partial charge in [0, 0.05) is 32.6 Å². The van der Waals surface area contributed by atoms with Gasteiger partial charge in [-0.3, -0.25) is 4.52 Å². The second-order valence-corrected chi connectivity index (χ2v) is 18.6. The highest BCUT2D eigenvalue weighted by molar-refractivity contribution is 7.49. The standard InChI is InChI=1S/C35H54O4P.Al/c1-16-25(17-2)37-40(36)38-30-26(18-23(32(4,5)6)20-28(30)34(10,11)12)22(3)27-19-24(33(7,8)9)21-29(31(27)39-40)35(13,14)15;/h18-22H,16-17H2,1-15H3;. The third kappa shape index (κ3) is 7.29. The van der Waals surface area contributed by atoms with E-state index >= 15 is 4.57 Å². The number of rotatable bonds is 4. The molecule has 0 atom stereocenters. The molecule has 2 aromatic rings. The summed E-state index contributed by atoms with van der Waals surface area (Å²) in [6.07, 6.45) is 1.29. The molecule has 0 aliphatic carbocycles. The van der Waals surface area contributed by atoms with Crippen molar-refractivity contribution >= 4 is 24.1 Å². The Kier molecular flexibility index (Phi) is 9.22. The van der Waals surface area contributed by atoms with Crippen LogP contribution in [0.3, 0.4) is 0 Å². The topological polar surface area (TPSA) is 44.8 Å². The quantitative estimate of drug-likeness (QED) is 0.260. The molecule has 0 amide bonds. The van der Waals surface area contributed by atoms with Crippen molar-refractivity contribution in [3.63, 3.8) is 0 Å². The molecule has 0 saturated heterocycles. The first kappa shape index (κ1) is 34.3. The van der Waals surface area contributed by atoms with Crippen LogP contribution >= 0.6 is 7.82 Å². The van der Waals surface area contributed by atoms with Gasteiger partial charge in [-0.25, -0.2) is 4.57 Å². The van der Waals surface area contributed by atoms with E-state index < -0.39 is 12.3 Å². The van der Waals surface area contributed by atoms with E-state index in [9.17, 15) is 0 Å². The normalized spacial score (nSPS) is 20.3. The van der Waals surface area contributed by atoms with E-state index in [1.165, 1.54) is 11.1 Å². The van der Waals surface area contributed by atoms with Gasteiger partial charge in [0.1, 0.15) is 11.5 Å². The van der Waals surface area contributed by atoms with Crippen LogP contribution in [0.2, 0.25) is 0 Å².